The SMILES string of the molecule is CCCC(C)CC(C)=CC(C)CC1=CC1C. The van der Waals surface area contributed by atoms with E-state index in [0.29, 0.717) is 0 Å². The lowest BCUT2D eigenvalue weighted by Gasteiger charge is -2.12. The summed E-state index contributed by atoms with van der Waals surface area (Å²) in [7, 11) is 0. The van der Waals surface area contributed by atoms with E-state index < -0.39 is 0 Å². The van der Waals surface area contributed by atoms with Gasteiger partial charge in [-0.1, -0.05) is 63.8 Å². The van der Waals surface area contributed by atoms with Gasteiger partial charge in [0.05, 0.1) is 0 Å². The van der Waals surface area contributed by atoms with E-state index in [1.807, 2.05) is 0 Å². The van der Waals surface area contributed by atoms with Crippen molar-refractivity contribution < 1.29 is 0 Å². The van der Waals surface area contributed by atoms with Crippen molar-refractivity contribution in [1.82, 2.24) is 0 Å². The zero-order valence-electron chi connectivity index (χ0n) is 11.7. The maximum Gasteiger partial charge on any atom is -0.00483 e. The van der Waals surface area contributed by atoms with Gasteiger partial charge in [0.2, 0.25) is 0 Å². The highest BCUT2D eigenvalue weighted by molar-refractivity contribution is 5.28. The normalized spacial score (nSPS) is 23.9. The third-order valence-electron chi connectivity index (χ3n) is 3.52. The molecule has 16 heavy (non-hydrogen) atoms. The van der Waals surface area contributed by atoms with Crippen LogP contribution in [0.1, 0.15) is 60.3 Å². The average Bonchev–Trinajstić information content (AvgIpc) is 2.80. The lowest BCUT2D eigenvalue weighted by molar-refractivity contribution is 0.517. The van der Waals surface area contributed by atoms with Gasteiger partial charge in [0.1, 0.15) is 0 Å². The van der Waals surface area contributed by atoms with Gasteiger partial charge in [0, 0.05) is 0 Å². The molecule has 0 bridgehead atoms. The molecule has 0 aromatic rings. The molecule has 1 aliphatic carbocycles. The van der Waals surface area contributed by atoms with E-state index in [-0.39, 0.29) is 0 Å². The molecular formula is C16H28. The Morgan fingerprint density at radius 3 is 2.56 bits per heavy atom. The minimum atomic E-state index is 0.727. The fourth-order valence-corrected chi connectivity index (χ4v) is 2.66. The molecule has 0 nitrogen and oxygen atoms in total. The Morgan fingerprint density at radius 1 is 1.44 bits per heavy atom. The molecule has 0 fully saturated rings. The number of hydrogen-bond acceptors (Lipinski definition) is 0. The van der Waals surface area contributed by atoms with Crippen LogP contribution in [0.3, 0.4) is 0 Å². The number of allylic oxidation sites excluding steroid dienone is 4. The summed E-state index contributed by atoms with van der Waals surface area (Å²) in [6, 6.07) is 0. The average molecular weight is 220 g/mol. The number of hydrogen-bond donors (Lipinski definition) is 0. The topological polar surface area (TPSA) is 0 Å². The first-order valence-electron chi connectivity index (χ1n) is 6.90. The predicted molar refractivity (Wildman–Crippen MR) is 73.5 cm³/mol. The molecule has 1 rings (SSSR count). The maximum absolute atomic E-state index is 2.48. The van der Waals surface area contributed by atoms with Crippen molar-refractivity contribution in [3.63, 3.8) is 0 Å². The van der Waals surface area contributed by atoms with Gasteiger partial charge in [-0.25, -0.2) is 0 Å². The summed E-state index contributed by atoms with van der Waals surface area (Å²) in [5.41, 5.74) is 3.25. The van der Waals surface area contributed by atoms with Gasteiger partial charge in [0.15, 0.2) is 0 Å². The minimum absolute atomic E-state index is 0.727. The van der Waals surface area contributed by atoms with Crippen molar-refractivity contribution in [1.29, 1.82) is 0 Å². The highest BCUT2D eigenvalue weighted by atomic mass is 14.2. The van der Waals surface area contributed by atoms with E-state index >= 15 is 0 Å². The van der Waals surface area contributed by atoms with E-state index in [1.165, 1.54) is 25.7 Å². The van der Waals surface area contributed by atoms with Crippen molar-refractivity contribution in [2.75, 3.05) is 0 Å². The van der Waals surface area contributed by atoms with Crippen LogP contribution in [-0.4, -0.2) is 0 Å². The third kappa shape index (κ3) is 5.01. The lowest BCUT2D eigenvalue weighted by atomic mass is 9.94. The van der Waals surface area contributed by atoms with Crippen LogP contribution in [-0.2, 0) is 0 Å². The summed E-state index contributed by atoms with van der Waals surface area (Å²) in [6.07, 6.45) is 10.1. The molecule has 0 spiro atoms. The van der Waals surface area contributed by atoms with E-state index in [4.69, 9.17) is 0 Å². The Hall–Kier alpha value is -0.520. The van der Waals surface area contributed by atoms with Crippen LogP contribution in [0.15, 0.2) is 23.3 Å². The van der Waals surface area contributed by atoms with E-state index in [9.17, 15) is 0 Å². The summed E-state index contributed by atoms with van der Waals surface area (Å²) in [6.45, 7) is 11.6. The monoisotopic (exact) mass is 220 g/mol. The summed E-state index contributed by atoms with van der Waals surface area (Å²) >= 11 is 0. The van der Waals surface area contributed by atoms with Crippen LogP contribution in [0.2, 0.25) is 0 Å². The zero-order chi connectivity index (χ0) is 12.1. The van der Waals surface area contributed by atoms with Crippen molar-refractivity contribution >= 4 is 0 Å². The second-order valence-corrected chi connectivity index (χ2v) is 5.82. The molecular weight excluding hydrogens is 192 g/mol. The van der Waals surface area contributed by atoms with Crippen LogP contribution in [0, 0.1) is 17.8 Å². The molecule has 0 saturated heterocycles. The molecule has 0 heteroatoms. The molecule has 0 aromatic heterocycles. The Morgan fingerprint density at radius 2 is 2.06 bits per heavy atom. The van der Waals surface area contributed by atoms with Crippen LogP contribution in [0.25, 0.3) is 0 Å². The summed E-state index contributed by atoms with van der Waals surface area (Å²) in [5, 5.41) is 0. The fraction of sp³-hybridized carbons (Fsp3) is 0.750. The van der Waals surface area contributed by atoms with Gasteiger partial charge in [-0.05, 0) is 37.5 Å². The Labute approximate surface area is 102 Å². The molecule has 0 aliphatic heterocycles. The summed E-state index contributed by atoms with van der Waals surface area (Å²) in [4.78, 5) is 0. The second-order valence-electron chi connectivity index (χ2n) is 5.82. The minimum Gasteiger partial charge on any atom is -0.0824 e. The van der Waals surface area contributed by atoms with Crippen molar-refractivity contribution in [2.45, 2.75) is 60.3 Å². The second kappa shape index (κ2) is 6.27. The highest BCUT2D eigenvalue weighted by Gasteiger charge is 2.19. The van der Waals surface area contributed by atoms with E-state index in [1.54, 1.807) is 11.1 Å². The fourth-order valence-electron chi connectivity index (χ4n) is 2.66. The maximum atomic E-state index is 2.48. The third-order valence-corrected chi connectivity index (χ3v) is 3.52. The van der Waals surface area contributed by atoms with Crippen LogP contribution in [0.5, 0.6) is 0 Å². The van der Waals surface area contributed by atoms with E-state index in [0.717, 1.165) is 17.8 Å². The van der Waals surface area contributed by atoms with Gasteiger partial charge in [-0.2, -0.15) is 0 Å². The van der Waals surface area contributed by atoms with Crippen LogP contribution >= 0.6 is 0 Å². The summed E-state index contributed by atoms with van der Waals surface area (Å²) < 4.78 is 0. The highest BCUT2D eigenvalue weighted by Crippen LogP contribution is 2.34. The molecule has 0 amide bonds. The quantitative estimate of drug-likeness (QED) is 0.507. The molecule has 0 aromatic carbocycles. The molecule has 92 valence electrons. The van der Waals surface area contributed by atoms with Crippen molar-refractivity contribution in [3.8, 4) is 0 Å². The van der Waals surface area contributed by atoms with E-state index in [2.05, 4.69) is 46.8 Å². The lowest BCUT2D eigenvalue weighted by Crippen LogP contribution is -1.97. The Bertz CT molecular complexity index is 270. The zero-order valence-corrected chi connectivity index (χ0v) is 11.7. The van der Waals surface area contributed by atoms with Gasteiger partial charge in [-0.15, -0.1) is 0 Å². The molecule has 0 N–H and O–H groups in total. The summed E-state index contributed by atoms with van der Waals surface area (Å²) in [5.74, 6) is 2.38. The first kappa shape index (κ1) is 13.5. The molecule has 0 heterocycles. The molecule has 0 radical (unpaired) electrons. The van der Waals surface area contributed by atoms with Gasteiger partial charge in [-0.3, -0.25) is 0 Å². The van der Waals surface area contributed by atoms with Gasteiger partial charge < -0.3 is 0 Å². The van der Waals surface area contributed by atoms with Crippen molar-refractivity contribution in [3.05, 3.63) is 23.3 Å². The Kier molecular flexibility index (Phi) is 5.31. The van der Waals surface area contributed by atoms with Crippen molar-refractivity contribution in [2.24, 2.45) is 17.8 Å². The van der Waals surface area contributed by atoms with Gasteiger partial charge >= 0.3 is 0 Å². The molecule has 3 atom stereocenters. The van der Waals surface area contributed by atoms with Crippen LogP contribution in [0.4, 0.5) is 0 Å². The molecule has 0 saturated carbocycles. The predicted octanol–water partition coefficient (Wildman–Crippen LogP) is 5.36. The first-order chi connectivity index (χ1) is 7.52. The molecule has 3 unspecified atom stereocenters. The Balaban J connectivity index is 2.28. The number of rotatable bonds is 7. The smallest absolute Gasteiger partial charge is 0.00483 e. The largest absolute Gasteiger partial charge is 0.0824 e. The van der Waals surface area contributed by atoms with Crippen LogP contribution < -0.4 is 0 Å². The first-order valence-corrected chi connectivity index (χ1v) is 6.90. The standard InChI is InChI=1S/C16H28/c1-6-7-12(2)8-13(3)9-14(4)10-16-11-15(16)5/h9,11-12,14-15H,6-8,10H2,1-5H3. The molecule has 1 aliphatic rings. The van der Waals surface area contributed by atoms with Gasteiger partial charge in [0.25, 0.3) is 0 Å².